The minimum Gasteiger partial charge on any atom is -0.358 e. The van der Waals surface area contributed by atoms with Gasteiger partial charge in [-0.1, -0.05) is 39.0 Å². The number of nitrogens with one attached hydrogen (secondary N) is 1. The molecule has 0 saturated carbocycles. The Hall–Kier alpha value is -3.00. The second kappa shape index (κ2) is 10.0. The van der Waals surface area contributed by atoms with Crippen LogP contribution in [0.1, 0.15) is 76.9 Å². The van der Waals surface area contributed by atoms with Gasteiger partial charge in [0.05, 0.1) is 18.6 Å². The van der Waals surface area contributed by atoms with Gasteiger partial charge < -0.3 is 14.8 Å². The van der Waals surface area contributed by atoms with Gasteiger partial charge in [0.2, 0.25) is 11.9 Å². The lowest BCUT2D eigenvalue weighted by molar-refractivity contribution is -0.123. The largest absolute Gasteiger partial charge is 0.358 e. The molecule has 0 spiro atoms. The van der Waals surface area contributed by atoms with Gasteiger partial charge in [-0.2, -0.15) is 4.98 Å². The number of hydrogen-bond donors (Lipinski definition) is 1. The summed E-state index contributed by atoms with van der Waals surface area (Å²) in [5.74, 6) is 0.752. The molecule has 37 heavy (non-hydrogen) atoms. The van der Waals surface area contributed by atoms with E-state index in [2.05, 4.69) is 93.3 Å². The van der Waals surface area contributed by atoms with Crippen LogP contribution in [0.15, 0.2) is 24.5 Å². The number of aryl methyl sites for hydroxylation is 1. The SMILES string of the molecule is CNC(=O)CN1CCN(c2nc(Cc3cc(C(C)(C)C)ccc3C)c3c(ncn3C(C)C)n2)CC1(C)C. The highest BCUT2D eigenvalue weighted by Gasteiger charge is 2.36. The molecule has 4 rings (SSSR count). The van der Waals surface area contributed by atoms with E-state index in [1.54, 1.807) is 7.05 Å². The van der Waals surface area contributed by atoms with E-state index >= 15 is 0 Å². The second-order valence-corrected chi connectivity index (χ2v) is 12.3. The monoisotopic (exact) mass is 505 g/mol. The maximum atomic E-state index is 12.1. The number of hydrogen-bond acceptors (Lipinski definition) is 6. The molecule has 0 unspecified atom stereocenters. The van der Waals surface area contributed by atoms with Crippen molar-refractivity contribution in [2.45, 2.75) is 78.8 Å². The summed E-state index contributed by atoms with van der Waals surface area (Å²) >= 11 is 0. The molecule has 0 aliphatic carbocycles. The van der Waals surface area contributed by atoms with Crippen molar-refractivity contribution in [3.63, 3.8) is 0 Å². The molecule has 1 aromatic carbocycles. The van der Waals surface area contributed by atoms with Gasteiger partial charge in [-0.15, -0.1) is 0 Å². The zero-order valence-corrected chi connectivity index (χ0v) is 24.0. The van der Waals surface area contributed by atoms with Crippen LogP contribution < -0.4 is 10.2 Å². The number of fused-ring (bicyclic) bond motifs is 1. The molecule has 1 saturated heterocycles. The van der Waals surface area contributed by atoms with Crippen LogP contribution in [0.25, 0.3) is 11.2 Å². The number of piperazine rings is 1. The second-order valence-electron chi connectivity index (χ2n) is 12.3. The zero-order chi connectivity index (χ0) is 27.1. The number of likely N-dealkylation sites (N-methyl/N-ethyl adjacent to an activating group) is 1. The van der Waals surface area contributed by atoms with Crippen molar-refractivity contribution in [1.82, 2.24) is 29.7 Å². The average Bonchev–Trinajstić information content (AvgIpc) is 3.25. The fraction of sp³-hybridized carbons (Fsp3) is 0.586. The third-order valence-electron chi connectivity index (χ3n) is 7.59. The van der Waals surface area contributed by atoms with E-state index < -0.39 is 0 Å². The maximum Gasteiger partial charge on any atom is 0.233 e. The van der Waals surface area contributed by atoms with Crippen molar-refractivity contribution < 1.29 is 4.79 Å². The molecule has 2 aromatic heterocycles. The lowest BCUT2D eigenvalue weighted by Gasteiger charge is -2.46. The molecule has 8 nitrogen and oxygen atoms in total. The number of carbonyl (C=O) groups excluding carboxylic acids is 1. The van der Waals surface area contributed by atoms with Gasteiger partial charge in [0.25, 0.3) is 0 Å². The van der Waals surface area contributed by atoms with Gasteiger partial charge in [-0.25, -0.2) is 9.97 Å². The van der Waals surface area contributed by atoms with Crippen molar-refractivity contribution in [1.29, 1.82) is 0 Å². The molecule has 1 aliphatic rings. The van der Waals surface area contributed by atoms with Gasteiger partial charge >= 0.3 is 0 Å². The van der Waals surface area contributed by atoms with E-state index in [0.717, 1.165) is 42.9 Å². The Kier molecular flexibility index (Phi) is 7.34. The van der Waals surface area contributed by atoms with Crippen LogP contribution in [0.3, 0.4) is 0 Å². The smallest absolute Gasteiger partial charge is 0.233 e. The van der Waals surface area contributed by atoms with Gasteiger partial charge in [-0.05, 0) is 56.7 Å². The van der Waals surface area contributed by atoms with E-state index in [1.807, 2.05) is 6.33 Å². The van der Waals surface area contributed by atoms with Crippen LogP contribution in [0.2, 0.25) is 0 Å². The first-order valence-corrected chi connectivity index (χ1v) is 13.3. The molecule has 3 aromatic rings. The number of rotatable bonds is 6. The Bertz CT molecular complexity index is 1290. The van der Waals surface area contributed by atoms with Crippen LogP contribution in [0, 0.1) is 6.92 Å². The molecule has 1 amide bonds. The molecule has 8 heteroatoms. The number of imidazole rings is 1. The lowest BCUT2D eigenvalue weighted by Crippen LogP contribution is -2.61. The molecule has 3 heterocycles. The molecular formula is C29H43N7O. The molecule has 200 valence electrons. The molecule has 1 fully saturated rings. The van der Waals surface area contributed by atoms with Crippen molar-refractivity contribution in [2.24, 2.45) is 0 Å². The van der Waals surface area contributed by atoms with E-state index in [9.17, 15) is 4.79 Å². The fourth-order valence-corrected chi connectivity index (χ4v) is 5.08. The number of anilines is 1. The van der Waals surface area contributed by atoms with Crippen LogP contribution in [-0.4, -0.2) is 69.1 Å². The number of carbonyl (C=O) groups is 1. The minimum absolute atomic E-state index is 0.0357. The minimum atomic E-state index is -0.196. The van der Waals surface area contributed by atoms with Crippen molar-refractivity contribution in [3.8, 4) is 0 Å². The maximum absolute atomic E-state index is 12.1. The summed E-state index contributed by atoms with van der Waals surface area (Å²) in [7, 11) is 1.69. The van der Waals surface area contributed by atoms with Crippen LogP contribution in [0.4, 0.5) is 5.95 Å². The summed E-state index contributed by atoms with van der Waals surface area (Å²) < 4.78 is 2.18. The first kappa shape index (κ1) is 27.0. The molecule has 0 radical (unpaired) electrons. The van der Waals surface area contributed by atoms with Crippen LogP contribution in [-0.2, 0) is 16.6 Å². The highest BCUT2D eigenvalue weighted by Crippen LogP contribution is 2.30. The lowest BCUT2D eigenvalue weighted by atomic mass is 9.84. The number of benzene rings is 1. The van der Waals surface area contributed by atoms with E-state index in [0.29, 0.717) is 12.5 Å². The molecule has 0 atom stereocenters. The van der Waals surface area contributed by atoms with E-state index in [1.165, 1.54) is 16.7 Å². The Balaban J connectivity index is 1.74. The van der Waals surface area contributed by atoms with Crippen molar-refractivity contribution in [3.05, 3.63) is 46.9 Å². The third kappa shape index (κ3) is 5.64. The Labute approximate surface area is 221 Å². The molecular weight excluding hydrogens is 462 g/mol. The highest BCUT2D eigenvalue weighted by molar-refractivity contribution is 5.78. The zero-order valence-electron chi connectivity index (χ0n) is 24.0. The summed E-state index contributed by atoms with van der Waals surface area (Å²) in [6, 6.07) is 7.05. The number of aromatic nitrogens is 4. The van der Waals surface area contributed by atoms with Gasteiger partial charge in [0.15, 0.2) is 5.65 Å². The summed E-state index contributed by atoms with van der Waals surface area (Å²) in [6.45, 7) is 20.3. The third-order valence-corrected chi connectivity index (χ3v) is 7.59. The Morgan fingerprint density at radius 2 is 1.89 bits per heavy atom. The topological polar surface area (TPSA) is 79.2 Å². The van der Waals surface area contributed by atoms with Crippen molar-refractivity contribution in [2.75, 3.05) is 38.1 Å². The van der Waals surface area contributed by atoms with Gasteiger partial charge in [0, 0.05) is 44.7 Å². The standard InChI is InChI=1S/C29H43N7O/c1-19(2)36-18-31-26-25(36)23(15-21-14-22(28(4,5)6)11-10-20(21)3)32-27(33-26)34-12-13-35(16-24(37)30-9)29(7,8)17-34/h10-11,14,18-19H,12-13,15-17H2,1-9H3,(H,30,37). The predicted octanol–water partition coefficient (Wildman–Crippen LogP) is 4.25. The Morgan fingerprint density at radius 3 is 2.51 bits per heavy atom. The Morgan fingerprint density at radius 1 is 1.16 bits per heavy atom. The molecule has 1 aliphatic heterocycles. The fourth-order valence-electron chi connectivity index (χ4n) is 5.08. The number of nitrogens with zero attached hydrogens (tertiary/aromatic N) is 6. The quantitative estimate of drug-likeness (QED) is 0.540. The van der Waals surface area contributed by atoms with E-state index in [4.69, 9.17) is 15.0 Å². The molecule has 0 bridgehead atoms. The predicted molar refractivity (Wildman–Crippen MR) is 150 cm³/mol. The average molecular weight is 506 g/mol. The first-order valence-electron chi connectivity index (χ1n) is 13.3. The van der Waals surface area contributed by atoms with E-state index in [-0.39, 0.29) is 22.9 Å². The van der Waals surface area contributed by atoms with Crippen LogP contribution in [0.5, 0.6) is 0 Å². The molecule has 1 N–H and O–H groups in total. The summed E-state index contributed by atoms with van der Waals surface area (Å²) in [4.78, 5) is 31.4. The summed E-state index contributed by atoms with van der Waals surface area (Å²) in [5, 5.41) is 2.74. The number of amides is 1. The van der Waals surface area contributed by atoms with Gasteiger partial charge in [0.1, 0.15) is 5.52 Å². The normalized spacial score (nSPS) is 16.5. The van der Waals surface area contributed by atoms with Gasteiger partial charge in [-0.3, -0.25) is 9.69 Å². The van der Waals surface area contributed by atoms with Crippen LogP contribution >= 0.6 is 0 Å². The highest BCUT2D eigenvalue weighted by atomic mass is 16.1. The summed E-state index contributed by atoms with van der Waals surface area (Å²) in [6.07, 6.45) is 2.61. The first-order chi connectivity index (χ1) is 17.3. The van der Waals surface area contributed by atoms with Crippen molar-refractivity contribution >= 4 is 23.0 Å². The summed E-state index contributed by atoms with van der Waals surface area (Å²) in [5.41, 5.74) is 6.51.